The van der Waals surface area contributed by atoms with E-state index in [1.807, 2.05) is 0 Å². The maximum atomic E-state index is 12.7. The monoisotopic (exact) mass is 358 g/mol. The van der Waals surface area contributed by atoms with Crippen molar-refractivity contribution in [1.82, 2.24) is 10.2 Å². The van der Waals surface area contributed by atoms with Gasteiger partial charge in [0.25, 0.3) is 0 Å². The first kappa shape index (κ1) is 18.9. The molecule has 0 spiro atoms. The number of alkyl halides is 3. The number of rotatable bonds is 5. The summed E-state index contributed by atoms with van der Waals surface area (Å²) in [6.45, 7) is 3.16. The second kappa shape index (κ2) is 7.62. The van der Waals surface area contributed by atoms with Crippen LogP contribution in [0.25, 0.3) is 0 Å². The first-order chi connectivity index (χ1) is 11.7. The molecule has 0 bridgehead atoms. The molecule has 1 fully saturated rings. The van der Waals surface area contributed by atoms with Crippen LogP contribution in [0.5, 0.6) is 0 Å². The van der Waals surface area contributed by atoms with Crippen LogP contribution in [0.15, 0.2) is 24.3 Å². The van der Waals surface area contributed by atoms with Crippen molar-refractivity contribution in [2.75, 3.05) is 36.4 Å². The van der Waals surface area contributed by atoms with Crippen molar-refractivity contribution in [2.45, 2.75) is 20.0 Å². The molecule has 0 saturated carbocycles. The molecule has 2 rings (SSSR count). The standard InChI is InChI=1S/C16H21F3N4O2/c1-11(2)9-22(10-16(17,18)19)15(25)21-12-4-3-5-13(8-12)23-7-6-20-14(23)24/h3-5,8,11H,6-7,9-10H2,1-2H3,(H,20,24)(H,21,25). The maximum Gasteiger partial charge on any atom is 0.406 e. The number of hydrogen-bond donors (Lipinski definition) is 2. The van der Waals surface area contributed by atoms with Crippen molar-refractivity contribution in [1.29, 1.82) is 0 Å². The molecule has 2 N–H and O–H groups in total. The summed E-state index contributed by atoms with van der Waals surface area (Å²) in [7, 11) is 0. The summed E-state index contributed by atoms with van der Waals surface area (Å²) in [6.07, 6.45) is -4.47. The average Bonchev–Trinajstić information content (AvgIpc) is 2.91. The minimum atomic E-state index is -4.47. The molecular weight excluding hydrogens is 337 g/mol. The van der Waals surface area contributed by atoms with E-state index in [2.05, 4.69) is 10.6 Å². The molecule has 1 aliphatic rings. The van der Waals surface area contributed by atoms with Crippen LogP contribution in [0.2, 0.25) is 0 Å². The predicted octanol–water partition coefficient (Wildman–Crippen LogP) is 3.27. The lowest BCUT2D eigenvalue weighted by Crippen LogP contribution is -2.43. The Morgan fingerprint density at radius 3 is 2.68 bits per heavy atom. The number of hydrogen-bond acceptors (Lipinski definition) is 2. The summed E-state index contributed by atoms with van der Waals surface area (Å²) in [5.74, 6) is -0.104. The van der Waals surface area contributed by atoms with Gasteiger partial charge in [-0.05, 0) is 24.1 Å². The van der Waals surface area contributed by atoms with Crippen LogP contribution in [-0.4, -0.2) is 49.3 Å². The van der Waals surface area contributed by atoms with Crippen LogP contribution in [0.1, 0.15) is 13.8 Å². The Hall–Kier alpha value is -2.45. The number of halogens is 3. The molecular formula is C16H21F3N4O2. The second-order valence-corrected chi connectivity index (χ2v) is 6.25. The zero-order valence-corrected chi connectivity index (χ0v) is 14.1. The summed E-state index contributed by atoms with van der Waals surface area (Å²) in [5, 5.41) is 5.14. The highest BCUT2D eigenvalue weighted by Crippen LogP contribution is 2.22. The smallest absolute Gasteiger partial charge is 0.336 e. The molecule has 1 aliphatic heterocycles. The number of amides is 4. The highest BCUT2D eigenvalue weighted by atomic mass is 19.4. The number of nitrogens with one attached hydrogen (secondary N) is 2. The number of benzene rings is 1. The van der Waals surface area contributed by atoms with Gasteiger partial charge in [0.05, 0.1) is 0 Å². The lowest BCUT2D eigenvalue weighted by Gasteiger charge is -2.26. The van der Waals surface area contributed by atoms with Gasteiger partial charge < -0.3 is 15.5 Å². The van der Waals surface area contributed by atoms with Crippen LogP contribution in [0.4, 0.5) is 34.1 Å². The summed E-state index contributed by atoms with van der Waals surface area (Å²) in [5.41, 5.74) is 0.900. The van der Waals surface area contributed by atoms with Gasteiger partial charge >= 0.3 is 18.2 Å². The molecule has 4 amide bonds. The third-order valence-electron chi connectivity index (χ3n) is 3.51. The van der Waals surface area contributed by atoms with Gasteiger partial charge in [0.15, 0.2) is 0 Å². The Morgan fingerprint density at radius 2 is 2.12 bits per heavy atom. The SMILES string of the molecule is CC(C)CN(CC(F)(F)F)C(=O)Nc1cccc(N2CCNC2=O)c1. The fourth-order valence-electron chi connectivity index (χ4n) is 2.55. The van der Waals surface area contributed by atoms with Crippen molar-refractivity contribution in [3.63, 3.8) is 0 Å². The van der Waals surface area contributed by atoms with Gasteiger partial charge in [-0.2, -0.15) is 13.2 Å². The van der Waals surface area contributed by atoms with Gasteiger partial charge in [-0.3, -0.25) is 4.90 Å². The predicted molar refractivity (Wildman–Crippen MR) is 88.7 cm³/mol. The molecule has 0 unspecified atom stereocenters. The van der Waals surface area contributed by atoms with Crippen LogP contribution in [0.3, 0.4) is 0 Å². The summed E-state index contributed by atoms with van der Waals surface area (Å²) >= 11 is 0. The quantitative estimate of drug-likeness (QED) is 0.848. The molecule has 1 aromatic carbocycles. The van der Waals surface area contributed by atoms with Crippen molar-refractivity contribution in [2.24, 2.45) is 5.92 Å². The molecule has 9 heteroatoms. The Labute approximate surface area is 144 Å². The first-order valence-electron chi connectivity index (χ1n) is 7.94. The Morgan fingerprint density at radius 1 is 1.40 bits per heavy atom. The average molecular weight is 358 g/mol. The minimum Gasteiger partial charge on any atom is -0.336 e. The zero-order valence-electron chi connectivity index (χ0n) is 14.1. The van der Waals surface area contributed by atoms with E-state index in [0.717, 1.165) is 4.90 Å². The molecule has 0 aliphatic carbocycles. The largest absolute Gasteiger partial charge is 0.406 e. The maximum absolute atomic E-state index is 12.7. The fraction of sp³-hybridized carbons (Fsp3) is 0.500. The van der Waals surface area contributed by atoms with E-state index in [1.165, 1.54) is 4.90 Å². The van der Waals surface area contributed by atoms with Crippen molar-refractivity contribution in [3.05, 3.63) is 24.3 Å². The molecule has 0 aromatic heterocycles. The minimum absolute atomic E-state index is 0.0143. The van der Waals surface area contributed by atoms with Crippen molar-refractivity contribution in [3.8, 4) is 0 Å². The topological polar surface area (TPSA) is 64.7 Å². The first-order valence-corrected chi connectivity index (χ1v) is 7.94. The number of nitrogens with zero attached hydrogens (tertiary/aromatic N) is 2. The normalized spacial score (nSPS) is 14.6. The molecule has 1 saturated heterocycles. The molecule has 0 radical (unpaired) electrons. The summed E-state index contributed by atoms with van der Waals surface area (Å²) in [4.78, 5) is 26.2. The molecule has 25 heavy (non-hydrogen) atoms. The van der Waals surface area contributed by atoms with Crippen LogP contribution in [0, 0.1) is 5.92 Å². The van der Waals surface area contributed by atoms with E-state index in [0.29, 0.717) is 24.5 Å². The summed E-state index contributed by atoms with van der Waals surface area (Å²) in [6, 6.07) is 5.38. The lowest BCUT2D eigenvalue weighted by atomic mass is 10.2. The van der Waals surface area contributed by atoms with Gasteiger partial charge in [0.2, 0.25) is 0 Å². The van der Waals surface area contributed by atoms with Crippen LogP contribution in [-0.2, 0) is 0 Å². The van der Waals surface area contributed by atoms with Crippen LogP contribution < -0.4 is 15.5 Å². The van der Waals surface area contributed by atoms with E-state index in [1.54, 1.807) is 38.1 Å². The van der Waals surface area contributed by atoms with Gasteiger partial charge in [0, 0.05) is 31.0 Å². The summed E-state index contributed by atoms with van der Waals surface area (Å²) < 4.78 is 38.1. The second-order valence-electron chi connectivity index (χ2n) is 6.25. The highest BCUT2D eigenvalue weighted by molar-refractivity contribution is 5.95. The highest BCUT2D eigenvalue weighted by Gasteiger charge is 2.33. The van der Waals surface area contributed by atoms with Crippen LogP contribution >= 0.6 is 0 Å². The van der Waals surface area contributed by atoms with E-state index in [4.69, 9.17) is 0 Å². The van der Waals surface area contributed by atoms with Gasteiger partial charge in [-0.15, -0.1) is 0 Å². The van der Waals surface area contributed by atoms with Crippen molar-refractivity contribution < 1.29 is 22.8 Å². The lowest BCUT2D eigenvalue weighted by molar-refractivity contribution is -0.140. The number of anilines is 2. The van der Waals surface area contributed by atoms with E-state index in [9.17, 15) is 22.8 Å². The van der Waals surface area contributed by atoms with Gasteiger partial charge in [0.1, 0.15) is 6.54 Å². The number of carbonyl (C=O) groups is 2. The Kier molecular flexibility index (Phi) is 5.76. The molecule has 1 heterocycles. The Bertz CT molecular complexity index is 634. The molecule has 138 valence electrons. The van der Waals surface area contributed by atoms with E-state index in [-0.39, 0.29) is 18.5 Å². The fourth-order valence-corrected chi connectivity index (χ4v) is 2.55. The molecule has 1 aromatic rings. The number of urea groups is 2. The molecule has 6 nitrogen and oxygen atoms in total. The third-order valence-corrected chi connectivity index (χ3v) is 3.51. The van der Waals surface area contributed by atoms with E-state index < -0.39 is 18.8 Å². The van der Waals surface area contributed by atoms with Gasteiger partial charge in [-0.1, -0.05) is 19.9 Å². The zero-order chi connectivity index (χ0) is 18.6. The third kappa shape index (κ3) is 5.54. The van der Waals surface area contributed by atoms with E-state index >= 15 is 0 Å². The molecule has 0 atom stereocenters. The van der Waals surface area contributed by atoms with Gasteiger partial charge in [-0.25, -0.2) is 9.59 Å². The van der Waals surface area contributed by atoms with Crippen molar-refractivity contribution >= 4 is 23.4 Å². The Balaban J connectivity index is 2.10. The number of carbonyl (C=O) groups excluding carboxylic acids is 2.